The summed E-state index contributed by atoms with van der Waals surface area (Å²) in [5.41, 5.74) is 3.09. The van der Waals surface area contributed by atoms with E-state index in [9.17, 15) is 14.0 Å². The van der Waals surface area contributed by atoms with Crippen molar-refractivity contribution in [1.29, 1.82) is 0 Å². The molecule has 0 fully saturated rings. The highest BCUT2D eigenvalue weighted by molar-refractivity contribution is 6.32. The van der Waals surface area contributed by atoms with Gasteiger partial charge in [0.15, 0.2) is 6.10 Å². The molecule has 1 aliphatic carbocycles. The van der Waals surface area contributed by atoms with Crippen LogP contribution >= 0.6 is 11.6 Å². The number of ether oxygens (including phenoxy) is 1. The molecule has 1 aliphatic rings. The molecule has 0 saturated carbocycles. The lowest BCUT2D eigenvalue weighted by Crippen LogP contribution is -2.23. The second kappa shape index (κ2) is 7.83. The van der Waals surface area contributed by atoms with Crippen LogP contribution < -0.4 is 0 Å². The van der Waals surface area contributed by atoms with E-state index in [2.05, 4.69) is 0 Å². The maximum absolute atomic E-state index is 13.7. The quantitative estimate of drug-likeness (QED) is 0.430. The van der Waals surface area contributed by atoms with E-state index in [1.807, 2.05) is 12.1 Å². The molecule has 26 heavy (non-hydrogen) atoms. The third-order valence-corrected chi connectivity index (χ3v) is 4.76. The summed E-state index contributed by atoms with van der Waals surface area (Å²) >= 11 is 5.90. The number of carbonyl (C=O) groups is 2. The maximum atomic E-state index is 13.7. The monoisotopic (exact) mass is 372 g/mol. The van der Waals surface area contributed by atoms with Gasteiger partial charge in [-0.1, -0.05) is 29.8 Å². The highest BCUT2D eigenvalue weighted by atomic mass is 35.5. The third-order valence-electron chi connectivity index (χ3n) is 4.43. The number of Topliss-reactive ketones (excluding diaryl/α,β-unsaturated/α-hetero) is 1. The van der Waals surface area contributed by atoms with Gasteiger partial charge in [-0.15, -0.1) is 0 Å². The van der Waals surface area contributed by atoms with Crippen molar-refractivity contribution in [2.45, 2.75) is 32.3 Å². The van der Waals surface area contributed by atoms with Gasteiger partial charge in [0.25, 0.3) is 0 Å². The zero-order chi connectivity index (χ0) is 18.7. The highest BCUT2D eigenvalue weighted by Crippen LogP contribution is 2.24. The summed E-state index contributed by atoms with van der Waals surface area (Å²) in [6, 6.07) is 9.86. The first-order chi connectivity index (χ1) is 12.5. The van der Waals surface area contributed by atoms with Crippen molar-refractivity contribution in [3.8, 4) is 0 Å². The molecule has 0 unspecified atom stereocenters. The fraction of sp³-hybridized carbons (Fsp3) is 0.238. The molecular formula is C21H18ClFO3. The number of hydrogen-bond acceptors (Lipinski definition) is 3. The van der Waals surface area contributed by atoms with Crippen LogP contribution in [0.15, 0.2) is 42.5 Å². The van der Waals surface area contributed by atoms with Gasteiger partial charge in [0.1, 0.15) is 5.82 Å². The van der Waals surface area contributed by atoms with E-state index in [1.54, 1.807) is 6.07 Å². The van der Waals surface area contributed by atoms with Crippen LogP contribution in [0.2, 0.25) is 5.02 Å². The molecule has 1 atom stereocenters. The van der Waals surface area contributed by atoms with Crippen LogP contribution in [0.4, 0.5) is 4.39 Å². The summed E-state index contributed by atoms with van der Waals surface area (Å²) in [5.74, 6) is -1.53. The summed E-state index contributed by atoms with van der Waals surface area (Å²) in [4.78, 5) is 24.4. The molecule has 134 valence electrons. The molecule has 0 bridgehead atoms. The van der Waals surface area contributed by atoms with Gasteiger partial charge in [-0.2, -0.15) is 0 Å². The SMILES string of the molecule is C[C@H](OC(=O)/C=C/c1c(F)cccc1Cl)C(=O)c1ccc2c(c1)CCC2. The van der Waals surface area contributed by atoms with Crippen LogP contribution in [0.3, 0.4) is 0 Å². The molecule has 2 aromatic rings. The lowest BCUT2D eigenvalue weighted by Gasteiger charge is -2.12. The Morgan fingerprint density at radius 2 is 1.96 bits per heavy atom. The van der Waals surface area contributed by atoms with E-state index in [0.717, 1.165) is 25.3 Å². The van der Waals surface area contributed by atoms with Crippen LogP contribution in [-0.2, 0) is 22.4 Å². The maximum Gasteiger partial charge on any atom is 0.331 e. The standard InChI is InChI=1S/C21H18ClFO3/c1-13(21(25)16-9-8-14-4-2-5-15(14)12-16)26-20(24)11-10-17-18(22)6-3-7-19(17)23/h3,6-13H,2,4-5H2,1H3/b11-10+/t13-/m0/s1. The number of hydrogen-bond donors (Lipinski definition) is 0. The van der Waals surface area contributed by atoms with Crippen molar-refractivity contribution < 1.29 is 18.7 Å². The first-order valence-corrected chi connectivity index (χ1v) is 8.82. The van der Waals surface area contributed by atoms with E-state index in [4.69, 9.17) is 16.3 Å². The predicted octanol–water partition coefficient (Wildman–Crippen LogP) is 4.80. The van der Waals surface area contributed by atoms with Gasteiger partial charge in [0.05, 0.1) is 5.02 Å². The smallest absolute Gasteiger partial charge is 0.331 e. The van der Waals surface area contributed by atoms with Gasteiger partial charge < -0.3 is 4.74 Å². The fourth-order valence-electron chi connectivity index (χ4n) is 3.05. The van der Waals surface area contributed by atoms with E-state index in [1.165, 1.54) is 42.3 Å². The summed E-state index contributed by atoms with van der Waals surface area (Å²) in [6.45, 7) is 1.53. The molecule has 0 heterocycles. The van der Waals surface area contributed by atoms with Gasteiger partial charge in [-0.25, -0.2) is 9.18 Å². The molecular weight excluding hydrogens is 355 g/mol. The van der Waals surface area contributed by atoms with E-state index < -0.39 is 17.9 Å². The fourth-order valence-corrected chi connectivity index (χ4v) is 3.27. The first-order valence-electron chi connectivity index (χ1n) is 8.44. The molecule has 0 saturated heterocycles. The van der Waals surface area contributed by atoms with Crippen LogP contribution in [0, 0.1) is 5.82 Å². The molecule has 0 spiro atoms. The Labute approximate surface area is 156 Å². The molecule has 3 nitrogen and oxygen atoms in total. The second-order valence-electron chi connectivity index (χ2n) is 6.25. The van der Waals surface area contributed by atoms with Gasteiger partial charge in [0.2, 0.25) is 5.78 Å². The normalized spacial score (nSPS) is 14.3. The summed E-state index contributed by atoms with van der Waals surface area (Å²) in [6.07, 6.45) is 4.49. The van der Waals surface area contributed by atoms with E-state index in [0.29, 0.717) is 5.56 Å². The Hall–Kier alpha value is -2.46. The van der Waals surface area contributed by atoms with Gasteiger partial charge in [0, 0.05) is 17.2 Å². The molecule has 5 heteroatoms. The largest absolute Gasteiger partial charge is 0.451 e. The number of carbonyl (C=O) groups excluding carboxylic acids is 2. The Bertz CT molecular complexity index is 869. The molecule has 0 aromatic heterocycles. The molecule has 0 aliphatic heterocycles. The first kappa shape index (κ1) is 18.3. The number of aryl methyl sites for hydroxylation is 2. The van der Waals surface area contributed by atoms with Crippen LogP contribution in [0.25, 0.3) is 6.08 Å². The Morgan fingerprint density at radius 3 is 2.73 bits per heavy atom. The topological polar surface area (TPSA) is 43.4 Å². The van der Waals surface area contributed by atoms with Crippen molar-refractivity contribution in [2.75, 3.05) is 0 Å². The lowest BCUT2D eigenvalue weighted by atomic mass is 10.0. The summed E-state index contributed by atoms with van der Waals surface area (Å²) < 4.78 is 18.8. The number of rotatable bonds is 5. The zero-order valence-electron chi connectivity index (χ0n) is 14.3. The number of benzene rings is 2. The van der Waals surface area contributed by atoms with Crippen molar-refractivity contribution in [3.63, 3.8) is 0 Å². The molecule has 0 radical (unpaired) electrons. The Morgan fingerprint density at radius 1 is 1.19 bits per heavy atom. The number of fused-ring (bicyclic) bond motifs is 1. The van der Waals surface area contributed by atoms with E-state index in [-0.39, 0.29) is 16.4 Å². The second-order valence-corrected chi connectivity index (χ2v) is 6.66. The van der Waals surface area contributed by atoms with Crippen LogP contribution in [0.1, 0.15) is 40.4 Å². The van der Waals surface area contributed by atoms with Crippen molar-refractivity contribution >= 4 is 29.4 Å². The highest BCUT2D eigenvalue weighted by Gasteiger charge is 2.21. The molecule has 0 amide bonds. The minimum atomic E-state index is -0.928. The van der Waals surface area contributed by atoms with Crippen molar-refractivity contribution in [3.05, 3.63) is 75.6 Å². The minimum Gasteiger partial charge on any atom is -0.451 e. The lowest BCUT2D eigenvalue weighted by molar-refractivity contribution is -0.140. The average molecular weight is 373 g/mol. The third kappa shape index (κ3) is 4.02. The Kier molecular flexibility index (Phi) is 5.52. The van der Waals surface area contributed by atoms with Gasteiger partial charge in [-0.3, -0.25) is 4.79 Å². The number of ketones is 1. The van der Waals surface area contributed by atoms with Gasteiger partial charge >= 0.3 is 5.97 Å². The predicted molar refractivity (Wildman–Crippen MR) is 98.8 cm³/mol. The average Bonchev–Trinajstić information content (AvgIpc) is 3.08. The van der Waals surface area contributed by atoms with Crippen molar-refractivity contribution in [1.82, 2.24) is 0 Å². The van der Waals surface area contributed by atoms with Crippen molar-refractivity contribution in [2.24, 2.45) is 0 Å². The van der Waals surface area contributed by atoms with Gasteiger partial charge in [-0.05, 0) is 61.6 Å². The molecule has 3 rings (SSSR count). The molecule has 0 N–H and O–H groups in total. The number of halogens is 2. The van der Waals surface area contributed by atoms with E-state index >= 15 is 0 Å². The van der Waals surface area contributed by atoms with Crippen LogP contribution in [0.5, 0.6) is 0 Å². The zero-order valence-corrected chi connectivity index (χ0v) is 15.1. The minimum absolute atomic E-state index is 0.101. The number of esters is 1. The van der Waals surface area contributed by atoms with Crippen LogP contribution in [-0.4, -0.2) is 17.9 Å². The Balaban J connectivity index is 1.65. The molecule has 2 aromatic carbocycles. The summed E-state index contributed by atoms with van der Waals surface area (Å²) in [5, 5.41) is 0.191. The summed E-state index contributed by atoms with van der Waals surface area (Å²) in [7, 11) is 0.